The van der Waals surface area contributed by atoms with E-state index in [2.05, 4.69) is 19.1 Å². The highest BCUT2D eigenvalue weighted by atomic mass is 16.5. The van der Waals surface area contributed by atoms with Gasteiger partial charge in [0.15, 0.2) is 0 Å². The fourth-order valence-electron chi connectivity index (χ4n) is 1.86. The van der Waals surface area contributed by atoms with Gasteiger partial charge in [-0.05, 0) is 31.2 Å². The van der Waals surface area contributed by atoms with Crippen molar-refractivity contribution in [2.45, 2.75) is 39.0 Å². The van der Waals surface area contributed by atoms with E-state index in [1.807, 2.05) is 25.1 Å². The molecule has 0 radical (unpaired) electrons. The maximum Gasteiger partial charge on any atom is 0.305 e. The van der Waals surface area contributed by atoms with Crippen LogP contribution in [0.2, 0.25) is 0 Å². The normalized spacial score (nSPS) is 12.1. The van der Waals surface area contributed by atoms with Crippen LogP contribution in [0.3, 0.4) is 0 Å². The van der Waals surface area contributed by atoms with Crippen LogP contribution in [-0.4, -0.2) is 12.6 Å². The van der Waals surface area contributed by atoms with Crippen molar-refractivity contribution in [1.29, 1.82) is 0 Å². The molecule has 88 valence electrons. The van der Waals surface area contributed by atoms with Crippen LogP contribution in [0.15, 0.2) is 30.3 Å². The van der Waals surface area contributed by atoms with Gasteiger partial charge in [0.25, 0.3) is 0 Å². The van der Waals surface area contributed by atoms with Crippen molar-refractivity contribution < 1.29 is 9.53 Å². The molecule has 1 atom stereocenters. The first-order valence-corrected chi connectivity index (χ1v) is 5.98. The molecule has 0 bridgehead atoms. The second kappa shape index (κ2) is 7.04. The van der Waals surface area contributed by atoms with E-state index in [0.717, 1.165) is 12.8 Å². The van der Waals surface area contributed by atoms with Crippen LogP contribution in [0.1, 0.15) is 44.6 Å². The molecule has 1 aromatic rings. The zero-order valence-electron chi connectivity index (χ0n) is 10.1. The lowest BCUT2D eigenvalue weighted by Gasteiger charge is -2.14. The number of esters is 1. The van der Waals surface area contributed by atoms with Crippen molar-refractivity contribution in [3.05, 3.63) is 35.9 Å². The van der Waals surface area contributed by atoms with Gasteiger partial charge in [-0.1, -0.05) is 37.3 Å². The summed E-state index contributed by atoms with van der Waals surface area (Å²) in [7, 11) is 0. The predicted octanol–water partition coefficient (Wildman–Crippen LogP) is 3.52. The number of benzene rings is 1. The molecule has 0 aliphatic heterocycles. The largest absolute Gasteiger partial charge is 0.466 e. The number of rotatable bonds is 6. The lowest BCUT2D eigenvalue weighted by atomic mass is 9.92. The van der Waals surface area contributed by atoms with Crippen LogP contribution >= 0.6 is 0 Å². The van der Waals surface area contributed by atoms with Gasteiger partial charge in [0, 0.05) is 6.42 Å². The van der Waals surface area contributed by atoms with E-state index >= 15 is 0 Å². The molecule has 1 rings (SSSR count). The molecule has 1 unspecified atom stereocenters. The van der Waals surface area contributed by atoms with E-state index in [-0.39, 0.29) is 5.97 Å². The molecule has 0 heterocycles. The van der Waals surface area contributed by atoms with Crippen LogP contribution in [-0.2, 0) is 9.53 Å². The smallest absolute Gasteiger partial charge is 0.305 e. The van der Waals surface area contributed by atoms with Crippen LogP contribution in [0, 0.1) is 0 Å². The van der Waals surface area contributed by atoms with Crippen LogP contribution < -0.4 is 0 Å². The van der Waals surface area contributed by atoms with E-state index in [4.69, 9.17) is 4.74 Å². The van der Waals surface area contributed by atoms with Crippen molar-refractivity contribution in [1.82, 2.24) is 0 Å². The predicted molar refractivity (Wildman–Crippen MR) is 65.3 cm³/mol. The minimum absolute atomic E-state index is 0.0862. The van der Waals surface area contributed by atoms with E-state index in [1.165, 1.54) is 5.56 Å². The Kier molecular flexibility index (Phi) is 5.62. The zero-order valence-corrected chi connectivity index (χ0v) is 10.1. The van der Waals surface area contributed by atoms with Crippen molar-refractivity contribution in [3.63, 3.8) is 0 Å². The fourth-order valence-corrected chi connectivity index (χ4v) is 1.86. The van der Waals surface area contributed by atoms with Crippen molar-refractivity contribution >= 4 is 5.97 Å². The summed E-state index contributed by atoms with van der Waals surface area (Å²) < 4.78 is 4.93. The molecule has 2 nitrogen and oxygen atoms in total. The average molecular weight is 220 g/mol. The van der Waals surface area contributed by atoms with Gasteiger partial charge in [-0.25, -0.2) is 0 Å². The fraction of sp³-hybridized carbons (Fsp3) is 0.500. The van der Waals surface area contributed by atoms with Gasteiger partial charge in [0.05, 0.1) is 6.61 Å². The Bertz CT molecular complexity index is 306. The number of carbonyl (C=O) groups excluding carboxylic acids is 1. The summed E-state index contributed by atoms with van der Waals surface area (Å²) in [5.74, 6) is 0.377. The summed E-state index contributed by atoms with van der Waals surface area (Å²) in [5, 5.41) is 0. The summed E-state index contributed by atoms with van der Waals surface area (Å²) in [6.45, 7) is 4.47. The molecule has 0 aliphatic carbocycles. The highest BCUT2D eigenvalue weighted by Crippen LogP contribution is 2.24. The Balaban J connectivity index is 2.47. The van der Waals surface area contributed by atoms with Crippen LogP contribution in [0.25, 0.3) is 0 Å². The Labute approximate surface area is 97.6 Å². The summed E-state index contributed by atoms with van der Waals surface area (Å²) in [5.41, 5.74) is 1.31. The molecule has 0 saturated heterocycles. The molecule has 16 heavy (non-hydrogen) atoms. The first-order valence-electron chi connectivity index (χ1n) is 5.98. The summed E-state index contributed by atoms with van der Waals surface area (Å²) >= 11 is 0. The van der Waals surface area contributed by atoms with Gasteiger partial charge in [-0.15, -0.1) is 0 Å². The van der Waals surface area contributed by atoms with Gasteiger partial charge in [0.2, 0.25) is 0 Å². The highest BCUT2D eigenvalue weighted by molar-refractivity contribution is 5.69. The maximum absolute atomic E-state index is 11.3. The second-order valence-corrected chi connectivity index (χ2v) is 3.86. The number of ether oxygens (including phenoxy) is 1. The van der Waals surface area contributed by atoms with Gasteiger partial charge >= 0.3 is 5.97 Å². The standard InChI is InChI=1S/C14H20O2/c1-3-12(10-11-14(15)16-4-2)13-8-6-5-7-9-13/h5-9,12H,3-4,10-11H2,1-2H3. The average Bonchev–Trinajstić information content (AvgIpc) is 2.31. The SMILES string of the molecule is CCOC(=O)CCC(CC)c1ccccc1. The molecule has 1 aromatic carbocycles. The first-order chi connectivity index (χ1) is 7.77. The van der Waals surface area contributed by atoms with Crippen LogP contribution in [0.4, 0.5) is 0 Å². The van der Waals surface area contributed by atoms with E-state index < -0.39 is 0 Å². The molecule has 2 heteroatoms. The Morgan fingerprint density at radius 3 is 2.50 bits per heavy atom. The molecular weight excluding hydrogens is 200 g/mol. The zero-order chi connectivity index (χ0) is 11.8. The highest BCUT2D eigenvalue weighted by Gasteiger charge is 2.11. The van der Waals surface area contributed by atoms with Crippen molar-refractivity contribution in [2.24, 2.45) is 0 Å². The third kappa shape index (κ3) is 4.05. The number of hydrogen-bond acceptors (Lipinski definition) is 2. The Morgan fingerprint density at radius 1 is 1.25 bits per heavy atom. The molecular formula is C14H20O2. The van der Waals surface area contributed by atoms with E-state index in [0.29, 0.717) is 18.9 Å². The maximum atomic E-state index is 11.3. The quantitative estimate of drug-likeness (QED) is 0.686. The lowest BCUT2D eigenvalue weighted by Crippen LogP contribution is -2.06. The Morgan fingerprint density at radius 2 is 1.94 bits per heavy atom. The molecule has 0 aromatic heterocycles. The Hall–Kier alpha value is -1.31. The molecule has 0 saturated carbocycles. The molecule has 0 spiro atoms. The number of hydrogen-bond donors (Lipinski definition) is 0. The van der Waals surface area contributed by atoms with E-state index in [1.54, 1.807) is 0 Å². The monoisotopic (exact) mass is 220 g/mol. The topological polar surface area (TPSA) is 26.3 Å². The van der Waals surface area contributed by atoms with Gasteiger partial charge in [0.1, 0.15) is 0 Å². The van der Waals surface area contributed by atoms with E-state index in [9.17, 15) is 4.79 Å². The van der Waals surface area contributed by atoms with Crippen LogP contribution in [0.5, 0.6) is 0 Å². The molecule has 0 aliphatic rings. The van der Waals surface area contributed by atoms with Gasteiger partial charge in [-0.3, -0.25) is 4.79 Å². The van der Waals surface area contributed by atoms with Gasteiger partial charge in [-0.2, -0.15) is 0 Å². The number of carbonyl (C=O) groups is 1. The second-order valence-electron chi connectivity index (χ2n) is 3.86. The van der Waals surface area contributed by atoms with Crippen molar-refractivity contribution in [2.75, 3.05) is 6.61 Å². The molecule has 0 N–H and O–H groups in total. The molecule has 0 fully saturated rings. The minimum Gasteiger partial charge on any atom is -0.466 e. The lowest BCUT2D eigenvalue weighted by molar-refractivity contribution is -0.143. The third-order valence-corrected chi connectivity index (χ3v) is 2.77. The summed E-state index contributed by atoms with van der Waals surface area (Å²) in [4.78, 5) is 11.3. The third-order valence-electron chi connectivity index (χ3n) is 2.77. The summed E-state index contributed by atoms with van der Waals surface area (Å²) in [6, 6.07) is 10.4. The molecule has 0 amide bonds. The van der Waals surface area contributed by atoms with Gasteiger partial charge < -0.3 is 4.74 Å². The summed E-state index contributed by atoms with van der Waals surface area (Å²) in [6.07, 6.45) is 2.45. The van der Waals surface area contributed by atoms with Crippen molar-refractivity contribution in [3.8, 4) is 0 Å². The first kappa shape index (κ1) is 12.8. The minimum atomic E-state index is -0.0862.